The fourth-order valence-electron chi connectivity index (χ4n) is 3.79. The Balaban J connectivity index is 1.55. The lowest BCUT2D eigenvalue weighted by Crippen LogP contribution is -2.39. The number of hydrogen-bond donors (Lipinski definition) is 1. The normalized spacial score (nSPS) is 17.9. The first-order valence-electron chi connectivity index (χ1n) is 9.66. The van der Waals surface area contributed by atoms with Gasteiger partial charge in [-0.1, -0.05) is 24.3 Å². The Hall–Kier alpha value is -2.77. The number of carbonyl (C=O) groups excluding carboxylic acids is 1. The molecule has 0 unspecified atom stereocenters. The SMILES string of the molecule is CC(=O)Nc1ccc(S(=O)(=O)N2CCC[C@@H](c3cc4ccccc4cn3)C2)cc1. The minimum atomic E-state index is -3.60. The summed E-state index contributed by atoms with van der Waals surface area (Å²) < 4.78 is 27.8. The molecular weight excluding hydrogens is 386 g/mol. The van der Waals surface area contributed by atoms with Gasteiger partial charge in [-0.05, 0) is 48.6 Å². The second-order valence-electron chi connectivity index (χ2n) is 7.36. The van der Waals surface area contributed by atoms with E-state index in [4.69, 9.17) is 0 Å². The van der Waals surface area contributed by atoms with Gasteiger partial charge in [-0.2, -0.15) is 4.31 Å². The quantitative estimate of drug-likeness (QED) is 0.712. The predicted molar refractivity (Wildman–Crippen MR) is 113 cm³/mol. The molecule has 3 aromatic rings. The van der Waals surface area contributed by atoms with Gasteiger partial charge in [0.1, 0.15) is 0 Å². The van der Waals surface area contributed by atoms with E-state index in [9.17, 15) is 13.2 Å². The van der Waals surface area contributed by atoms with Crippen molar-refractivity contribution in [3.63, 3.8) is 0 Å². The highest BCUT2D eigenvalue weighted by atomic mass is 32.2. The van der Waals surface area contributed by atoms with Crippen molar-refractivity contribution in [1.82, 2.24) is 9.29 Å². The second-order valence-corrected chi connectivity index (χ2v) is 9.30. The number of nitrogens with one attached hydrogen (secondary N) is 1. The van der Waals surface area contributed by atoms with Crippen LogP contribution in [-0.4, -0.2) is 36.7 Å². The number of hydrogen-bond acceptors (Lipinski definition) is 4. The molecule has 1 N–H and O–H groups in total. The Labute approximate surface area is 170 Å². The largest absolute Gasteiger partial charge is 0.326 e. The first-order valence-corrected chi connectivity index (χ1v) is 11.1. The molecule has 0 aliphatic carbocycles. The Kier molecular flexibility index (Phi) is 5.34. The molecular formula is C22H23N3O3S. The van der Waals surface area contributed by atoms with Crippen molar-refractivity contribution >= 4 is 32.4 Å². The van der Waals surface area contributed by atoms with E-state index in [0.29, 0.717) is 18.8 Å². The third kappa shape index (κ3) is 4.16. The molecule has 1 aromatic heterocycles. The maximum absolute atomic E-state index is 13.1. The van der Waals surface area contributed by atoms with Gasteiger partial charge >= 0.3 is 0 Å². The lowest BCUT2D eigenvalue weighted by Gasteiger charge is -2.31. The van der Waals surface area contributed by atoms with Crippen molar-refractivity contribution in [3.8, 4) is 0 Å². The van der Waals surface area contributed by atoms with E-state index >= 15 is 0 Å². The van der Waals surface area contributed by atoms with Crippen LogP contribution in [0.4, 0.5) is 5.69 Å². The molecule has 7 heteroatoms. The summed E-state index contributed by atoms with van der Waals surface area (Å²) in [6.07, 6.45) is 3.57. The van der Waals surface area contributed by atoms with Gasteiger partial charge in [0.2, 0.25) is 15.9 Å². The summed E-state index contributed by atoms with van der Waals surface area (Å²) in [5.74, 6) is -0.121. The van der Waals surface area contributed by atoms with Crippen LogP contribution < -0.4 is 5.32 Å². The zero-order chi connectivity index (χ0) is 20.4. The molecule has 1 amide bonds. The van der Waals surface area contributed by atoms with Crippen LogP contribution in [-0.2, 0) is 14.8 Å². The predicted octanol–water partition coefficient (Wildman–Crippen LogP) is 3.76. The number of aromatic nitrogens is 1. The Morgan fingerprint density at radius 2 is 1.83 bits per heavy atom. The molecule has 0 bridgehead atoms. The number of benzene rings is 2. The standard InChI is InChI=1S/C22H23N3O3S/c1-16(26)24-20-8-10-21(11-9-20)29(27,28)25-12-4-7-19(15-25)22-13-17-5-2-3-6-18(17)14-23-22/h2-3,5-6,8-11,13-14,19H,4,7,12,15H2,1H3,(H,24,26)/t19-/m1/s1. The molecule has 1 aliphatic rings. The van der Waals surface area contributed by atoms with Gasteiger partial charge in [-0.3, -0.25) is 9.78 Å². The summed E-state index contributed by atoms with van der Waals surface area (Å²) in [6, 6.07) is 16.4. The smallest absolute Gasteiger partial charge is 0.243 e. The Bertz CT molecular complexity index is 1140. The number of fused-ring (bicyclic) bond motifs is 1. The number of nitrogens with zero attached hydrogens (tertiary/aromatic N) is 2. The van der Waals surface area contributed by atoms with Crippen LogP contribution in [0, 0.1) is 0 Å². The van der Waals surface area contributed by atoms with Gasteiger partial charge in [-0.25, -0.2) is 8.42 Å². The molecule has 1 atom stereocenters. The Morgan fingerprint density at radius 1 is 1.10 bits per heavy atom. The molecule has 1 fully saturated rings. The molecule has 1 saturated heterocycles. The average Bonchev–Trinajstić information content (AvgIpc) is 2.73. The molecule has 150 valence electrons. The summed E-state index contributed by atoms with van der Waals surface area (Å²) in [5, 5.41) is 4.85. The van der Waals surface area contributed by atoms with Crippen LogP contribution in [0.15, 0.2) is 65.7 Å². The average molecular weight is 410 g/mol. The van der Waals surface area contributed by atoms with Crippen molar-refractivity contribution < 1.29 is 13.2 Å². The molecule has 4 rings (SSSR count). The van der Waals surface area contributed by atoms with Crippen LogP contribution in [0.3, 0.4) is 0 Å². The number of carbonyl (C=O) groups is 1. The lowest BCUT2D eigenvalue weighted by molar-refractivity contribution is -0.114. The molecule has 0 radical (unpaired) electrons. The minimum absolute atomic E-state index is 0.0711. The summed E-state index contributed by atoms with van der Waals surface area (Å²) >= 11 is 0. The van der Waals surface area contributed by atoms with Crippen LogP contribution in [0.2, 0.25) is 0 Å². The highest BCUT2D eigenvalue weighted by molar-refractivity contribution is 7.89. The van der Waals surface area contributed by atoms with Crippen LogP contribution in [0.1, 0.15) is 31.4 Å². The van der Waals surface area contributed by atoms with Gasteiger partial charge in [-0.15, -0.1) is 0 Å². The molecule has 6 nitrogen and oxygen atoms in total. The maximum Gasteiger partial charge on any atom is 0.243 e. The molecule has 0 saturated carbocycles. The highest BCUT2D eigenvalue weighted by Gasteiger charge is 2.31. The highest BCUT2D eigenvalue weighted by Crippen LogP contribution is 2.31. The van der Waals surface area contributed by atoms with E-state index in [0.717, 1.165) is 29.3 Å². The zero-order valence-electron chi connectivity index (χ0n) is 16.2. The van der Waals surface area contributed by atoms with E-state index < -0.39 is 10.0 Å². The molecule has 0 spiro atoms. The second kappa shape index (κ2) is 7.93. The van der Waals surface area contributed by atoms with Gasteiger partial charge in [0.15, 0.2) is 0 Å². The number of sulfonamides is 1. The van der Waals surface area contributed by atoms with Crippen molar-refractivity contribution in [2.45, 2.75) is 30.6 Å². The Morgan fingerprint density at radius 3 is 2.55 bits per heavy atom. The van der Waals surface area contributed by atoms with Crippen molar-refractivity contribution in [2.75, 3.05) is 18.4 Å². The van der Waals surface area contributed by atoms with E-state index in [1.165, 1.54) is 6.92 Å². The number of rotatable bonds is 4. The number of pyridine rings is 1. The van der Waals surface area contributed by atoms with E-state index in [-0.39, 0.29) is 16.7 Å². The zero-order valence-corrected chi connectivity index (χ0v) is 17.0. The van der Waals surface area contributed by atoms with E-state index in [1.807, 2.05) is 24.4 Å². The van der Waals surface area contributed by atoms with Crippen LogP contribution >= 0.6 is 0 Å². The molecule has 2 heterocycles. The van der Waals surface area contributed by atoms with E-state index in [1.54, 1.807) is 28.6 Å². The number of piperidine rings is 1. The lowest BCUT2D eigenvalue weighted by atomic mass is 9.94. The van der Waals surface area contributed by atoms with Crippen molar-refractivity contribution in [1.29, 1.82) is 0 Å². The van der Waals surface area contributed by atoms with Gasteiger partial charge in [0, 0.05) is 48.9 Å². The van der Waals surface area contributed by atoms with Crippen LogP contribution in [0.25, 0.3) is 10.8 Å². The van der Waals surface area contributed by atoms with Crippen LogP contribution in [0.5, 0.6) is 0 Å². The monoisotopic (exact) mass is 409 g/mol. The number of anilines is 1. The first kappa shape index (κ1) is 19.5. The third-order valence-electron chi connectivity index (χ3n) is 5.27. The molecule has 1 aliphatic heterocycles. The van der Waals surface area contributed by atoms with Gasteiger partial charge in [0.05, 0.1) is 4.90 Å². The first-order chi connectivity index (χ1) is 13.9. The summed E-state index contributed by atoms with van der Waals surface area (Å²) in [4.78, 5) is 16.0. The number of amides is 1. The van der Waals surface area contributed by atoms with Crippen molar-refractivity contribution in [3.05, 3.63) is 66.5 Å². The topological polar surface area (TPSA) is 79.4 Å². The fourth-order valence-corrected chi connectivity index (χ4v) is 5.31. The summed E-state index contributed by atoms with van der Waals surface area (Å²) in [7, 11) is -3.60. The van der Waals surface area contributed by atoms with Gasteiger partial charge < -0.3 is 5.32 Å². The fraction of sp³-hybridized carbons (Fsp3) is 0.273. The van der Waals surface area contributed by atoms with E-state index in [2.05, 4.69) is 22.4 Å². The summed E-state index contributed by atoms with van der Waals surface area (Å²) in [6.45, 7) is 2.33. The maximum atomic E-state index is 13.1. The summed E-state index contributed by atoms with van der Waals surface area (Å²) in [5.41, 5.74) is 1.51. The molecule has 29 heavy (non-hydrogen) atoms. The third-order valence-corrected chi connectivity index (χ3v) is 7.15. The minimum Gasteiger partial charge on any atom is -0.326 e. The van der Waals surface area contributed by atoms with Gasteiger partial charge in [0.25, 0.3) is 0 Å². The van der Waals surface area contributed by atoms with Crippen molar-refractivity contribution in [2.24, 2.45) is 0 Å². The molecule has 2 aromatic carbocycles.